The maximum absolute atomic E-state index is 13.2. The Morgan fingerprint density at radius 3 is 2.18 bits per heavy atom. The van der Waals surface area contributed by atoms with Crippen LogP contribution >= 0.6 is 0 Å². The number of benzene rings is 2. The van der Waals surface area contributed by atoms with Gasteiger partial charge in [-0.05, 0) is 28.2 Å². The van der Waals surface area contributed by atoms with Crippen LogP contribution in [0.2, 0.25) is 0 Å². The number of fused-ring (bicyclic) bond motifs is 3. The Hall–Kier alpha value is -3.49. The first-order valence-corrected chi connectivity index (χ1v) is 11.2. The van der Waals surface area contributed by atoms with Crippen molar-refractivity contribution >= 4 is 18.0 Å². The third-order valence-corrected chi connectivity index (χ3v) is 6.59. The number of hydrogen-bond donors (Lipinski definition) is 2. The van der Waals surface area contributed by atoms with E-state index in [1.165, 1.54) is 4.90 Å². The number of nitrogens with zero attached hydrogens (tertiary/aromatic N) is 1. The van der Waals surface area contributed by atoms with Gasteiger partial charge >= 0.3 is 12.1 Å². The SMILES string of the molecule is CC1CN(C(=O)C(CC(F)F)NC(=O)OCC2c3ccccc3-c3ccccc32)CC1C(=O)O. The number of nitrogens with one attached hydrogen (secondary N) is 1. The van der Waals surface area contributed by atoms with E-state index in [4.69, 9.17) is 4.74 Å². The number of alkyl halides is 2. The second-order valence-electron chi connectivity index (χ2n) is 8.81. The topological polar surface area (TPSA) is 95.9 Å². The summed E-state index contributed by atoms with van der Waals surface area (Å²) in [5, 5.41) is 11.6. The summed E-state index contributed by atoms with van der Waals surface area (Å²) >= 11 is 0. The van der Waals surface area contributed by atoms with Gasteiger partial charge in [0.15, 0.2) is 0 Å². The van der Waals surface area contributed by atoms with E-state index >= 15 is 0 Å². The van der Waals surface area contributed by atoms with Crippen molar-refractivity contribution in [3.05, 3.63) is 59.7 Å². The number of carbonyl (C=O) groups excluding carboxylic acids is 2. The van der Waals surface area contributed by atoms with Gasteiger partial charge in [-0.3, -0.25) is 9.59 Å². The number of ether oxygens (including phenoxy) is 1. The molecule has 9 heteroatoms. The zero-order valence-electron chi connectivity index (χ0n) is 18.6. The number of hydrogen-bond acceptors (Lipinski definition) is 4. The molecule has 0 spiro atoms. The van der Waals surface area contributed by atoms with Crippen molar-refractivity contribution in [2.45, 2.75) is 31.7 Å². The number of rotatable bonds is 7. The Bertz CT molecular complexity index is 1050. The number of likely N-dealkylation sites (tertiary alicyclic amines) is 1. The molecule has 0 saturated carbocycles. The van der Waals surface area contributed by atoms with Gasteiger partial charge in [-0.1, -0.05) is 55.5 Å². The predicted molar refractivity (Wildman–Crippen MR) is 119 cm³/mol. The zero-order valence-corrected chi connectivity index (χ0v) is 18.6. The fraction of sp³-hybridized carbons (Fsp3) is 0.400. The molecule has 0 radical (unpaired) electrons. The van der Waals surface area contributed by atoms with E-state index in [1.54, 1.807) is 6.92 Å². The quantitative estimate of drug-likeness (QED) is 0.640. The Labute approximate surface area is 195 Å². The van der Waals surface area contributed by atoms with Gasteiger partial charge in [-0.15, -0.1) is 0 Å². The third-order valence-electron chi connectivity index (χ3n) is 6.59. The molecule has 0 aromatic heterocycles. The van der Waals surface area contributed by atoms with E-state index < -0.39 is 42.8 Å². The number of halogens is 2. The average molecular weight is 472 g/mol. The first-order valence-electron chi connectivity index (χ1n) is 11.2. The van der Waals surface area contributed by atoms with Crippen LogP contribution < -0.4 is 5.32 Å². The molecular weight excluding hydrogens is 446 g/mol. The monoisotopic (exact) mass is 472 g/mol. The number of amides is 2. The number of carbonyl (C=O) groups is 3. The van der Waals surface area contributed by atoms with Crippen molar-refractivity contribution in [1.29, 1.82) is 0 Å². The van der Waals surface area contributed by atoms with Gasteiger partial charge < -0.3 is 20.1 Å². The predicted octanol–water partition coefficient (Wildman–Crippen LogP) is 3.73. The first-order chi connectivity index (χ1) is 16.3. The van der Waals surface area contributed by atoms with E-state index in [-0.39, 0.29) is 31.5 Å². The number of carboxylic acids is 1. The summed E-state index contributed by atoms with van der Waals surface area (Å²) in [6.45, 7) is 1.72. The van der Waals surface area contributed by atoms with Crippen molar-refractivity contribution in [3.63, 3.8) is 0 Å². The number of carboxylic acid groups (broad SMARTS) is 1. The molecule has 1 aliphatic carbocycles. The summed E-state index contributed by atoms with van der Waals surface area (Å²) in [5.74, 6) is -3.08. The highest BCUT2D eigenvalue weighted by molar-refractivity contribution is 5.87. The summed E-state index contributed by atoms with van der Waals surface area (Å²) < 4.78 is 31.7. The largest absolute Gasteiger partial charge is 0.481 e. The van der Waals surface area contributed by atoms with Gasteiger partial charge in [0.1, 0.15) is 12.6 Å². The standard InChI is InChI=1S/C25H26F2N2O5/c1-14-11-29(12-19(14)24(31)32)23(30)21(10-22(26)27)28-25(33)34-13-20-17-8-4-2-6-15(17)16-7-3-5-9-18(16)20/h2-9,14,19-22H,10-13H2,1H3,(H,28,33)(H,31,32). The molecule has 1 fully saturated rings. The van der Waals surface area contributed by atoms with E-state index in [0.717, 1.165) is 22.3 Å². The van der Waals surface area contributed by atoms with Crippen molar-refractivity contribution < 1.29 is 33.0 Å². The van der Waals surface area contributed by atoms with Crippen molar-refractivity contribution in [1.82, 2.24) is 10.2 Å². The Balaban J connectivity index is 1.42. The molecule has 2 N–H and O–H groups in total. The number of aliphatic carboxylic acids is 1. The van der Waals surface area contributed by atoms with Crippen LogP contribution in [-0.4, -0.2) is 60.1 Å². The van der Waals surface area contributed by atoms with Gasteiger partial charge in [0.25, 0.3) is 0 Å². The fourth-order valence-electron chi connectivity index (χ4n) is 4.87. The van der Waals surface area contributed by atoms with Crippen molar-refractivity contribution in [2.75, 3.05) is 19.7 Å². The van der Waals surface area contributed by atoms with Crippen LogP contribution in [0.5, 0.6) is 0 Å². The van der Waals surface area contributed by atoms with E-state index in [0.29, 0.717) is 0 Å². The van der Waals surface area contributed by atoms with Gasteiger partial charge in [0.05, 0.1) is 5.92 Å². The summed E-state index contributed by atoms with van der Waals surface area (Å²) in [4.78, 5) is 37.9. The molecule has 3 atom stereocenters. The molecule has 1 heterocycles. The van der Waals surface area contributed by atoms with Crippen LogP contribution in [0.3, 0.4) is 0 Å². The molecule has 180 valence electrons. The minimum absolute atomic E-state index is 0.0166. The second kappa shape index (κ2) is 9.79. The molecular formula is C25H26F2N2O5. The van der Waals surface area contributed by atoms with Crippen molar-refractivity contribution in [3.8, 4) is 11.1 Å². The second-order valence-corrected chi connectivity index (χ2v) is 8.81. The molecule has 1 saturated heterocycles. The van der Waals surface area contributed by atoms with Crippen LogP contribution in [0.4, 0.5) is 13.6 Å². The number of alkyl carbamates (subject to hydrolysis) is 1. The zero-order chi connectivity index (χ0) is 24.4. The van der Waals surface area contributed by atoms with E-state index in [9.17, 15) is 28.3 Å². The fourth-order valence-corrected chi connectivity index (χ4v) is 4.87. The molecule has 4 rings (SSSR count). The summed E-state index contributed by atoms with van der Waals surface area (Å²) in [6, 6.07) is 14.1. The normalized spacial score (nSPS) is 20.1. The Morgan fingerprint density at radius 1 is 1.06 bits per heavy atom. The molecule has 3 unspecified atom stereocenters. The summed E-state index contributed by atoms with van der Waals surface area (Å²) in [6.07, 6.45) is -4.69. The maximum atomic E-state index is 13.2. The Kier molecular flexibility index (Phi) is 6.81. The van der Waals surface area contributed by atoms with Gasteiger partial charge in [0.2, 0.25) is 12.3 Å². The van der Waals surface area contributed by atoms with Crippen LogP contribution in [0, 0.1) is 11.8 Å². The molecule has 7 nitrogen and oxygen atoms in total. The molecule has 2 amide bonds. The highest BCUT2D eigenvalue weighted by atomic mass is 19.3. The molecule has 2 aromatic rings. The summed E-state index contributed by atoms with van der Waals surface area (Å²) in [5.41, 5.74) is 4.10. The average Bonchev–Trinajstić information content (AvgIpc) is 3.35. The van der Waals surface area contributed by atoms with Crippen molar-refractivity contribution in [2.24, 2.45) is 11.8 Å². The molecule has 2 aliphatic rings. The molecule has 34 heavy (non-hydrogen) atoms. The smallest absolute Gasteiger partial charge is 0.407 e. The molecule has 1 aliphatic heterocycles. The highest BCUT2D eigenvalue weighted by Crippen LogP contribution is 2.44. The minimum atomic E-state index is -2.84. The highest BCUT2D eigenvalue weighted by Gasteiger charge is 2.40. The van der Waals surface area contributed by atoms with Crippen LogP contribution in [0.25, 0.3) is 11.1 Å². The third kappa shape index (κ3) is 4.73. The van der Waals surface area contributed by atoms with E-state index in [1.807, 2.05) is 48.5 Å². The minimum Gasteiger partial charge on any atom is -0.481 e. The Morgan fingerprint density at radius 2 is 1.65 bits per heavy atom. The maximum Gasteiger partial charge on any atom is 0.407 e. The van der Waals surface area contributed by atoms with Gasteiger partial charge in [-0.25, -0.2) is 13.6 Å². The van der Waals surface area contributed by atoms with Crippen LogP contribution in [0.1, 0.15) is 30.4 Å². The lowest BCUT2D eigenvalue weighted by atomic mass is 9.98. The van der Waals surface area contributed by atoms with Gasteiger partial charge in [-0.2, -0.15) is 0 Å². The lowest BCUT2D eigenvalue weighted by Crippen LogP contribution is -2.49. The summed E-state index contributed by atoms with van der Waals surface area (Å²) in [7, 11) is 0. The van der Waals surface area contributed by atoms with Gasteiger partial charge in [0, 0.05) is 25.4 Å². The van der Waals surface area contributed by atoms with Crippen LogP contribution in [0.15, 0.2) is 48.5 Å². The van der Waals surface area contributed by atoms with E-state index in [2.05, 4.69) is 5.32 Å². The lowest BCUT2D eigenvalue weighted by Gasteiger charge is -2.24. The lowest BCUT2D eigenvalue weighted by molar-refractivity contribution is -0.142. The first kappa shape index (κ1) is 23.7. The molecule has 2 aromatic carbocycles. The van der Waals surface area contributed by atoms with Crippen LogP contribution in [-0.2, 0) is 14.3 Å². The molecule has 0 bridgehead atoms.